The van der Waals surface area contributed by atoms with Gasteiger partial charge in [-0.25, -0.2) is 0 Å². The highest BCUT2D eigenvalue weighted by Gasteiger charge is 2.23. The van der Waals surface area contributed by atoms with E-state index in [1.807, 2.05) is 35.6 Å². The van der Waals surface area contributed by atoms with Gasteiger partial charge in [-0.15, -0.1) is 11.3 Å². The van der Waals surface area contributed by atoms with Gasteiger partial charge in [-0.3, -0.25) is 0 Å². The maximum atomic E-state index is 6.25. The molecule has 0 aliphatic carbocycles. The molecule has 0 atom stereocenters. The summed E-state index contributed by atoms with van der Waals surface area (Å²) in [5, 5.41) is 1.47. The fraction of sp³-hybridized carbons (Fsp3) is 0.0667. The Morgan fingerprint density at radius 3 is 1.06 bits per heavy atom. The summed E-state index contributed by atoms with van der Waals surface area (Å²) in [6.45, 7) is 4.24. The van der Waals surface area contributed by atoms with Crippen molar-refractivity contribution in [1.29, 1.82) is 0 Å². The second-order valence-corrected chi connectivity index (χ2v) is 10.1. The summed E-state index contributed by atoms with van der Waals surface area (Å²) in [4.78, 5) is 2.50. The lowest BCUT2D eigenvalue weighted by Gasteiger charge is -2.11. The zero-order valence-electron chi connectivity index (χ0n) is 18.4. The molecular weight excluding hydrogens is 463 g/mol. The minimum Gasteiger partial charge on any atom is -0.134 e. The summed E-state index contributed by atoms with van der Waals surface area (Å²) >= 11 is 14.3. The van der Waals surface area contributed by atoms with Crippen LogP contribution in [0.4, 0.5) is 0 Å². The fourth-order valence-corrected chi connectivity index (χ4v) is 5.64. The third-order valence-electron chi connectivity index (χ3n) is 5.80. The smallest absolute Gasteiger partial charge is 0.0434 e. The van der Waals surface area contributed by atoms with E-state index < -0.39 is 0 Å². The Hall–Kier alpha value is -2.84. The highest BCUT2D eigenvalue weighted by atomic mass is 35.5. The molecule has 0 saturated carbocycles. The Bertz CT molecular complexity index is 1280. The normalized spacial score (nSPS) is 11.0. The summed E-state index contributed by atoms with van der Waals surface area (Å²) in [7, 11) is 0. The van der Waals surface area contributed by atoms with Gasteiger partial charge in [-0.05, 0) is 60.4 Å². The van der Waals surface area contributed by atoms with Gasteiger partial charge >= 0.3 is 0 Å². The number of halogens is 2. The average Bonchev–Trinajstić information content (AvgIpc) is 3.21. The molecule has 0 amide bonds. The van der Waals surface area contributed by atoms with Crippen LogP contribution in [0.3, 0.4) is 0 Å². The maximum absolute atomic E-state index is 6.25. The lowest BCUT2D eigenvalue weighted by atomic mass is 9.91. The van der Waals surface area contributed by atoms with E-state index in [1.165, 1.54) is 43.1 Å². The highest BCUT2D eigenvalue weighted by molar-refractivity contribution is 7.20. The highest BCUT2D eigenvalue weighted by Crippen LogP contribution is 2.52. The van der Waals surface area contributed by atoms with Crippen molar-refractivity contribution in [3.63, 3.8) is 0 Å². The molecule has 3 heteroatoms. The molecule has 5 rings (SSSR count). The van der Waals surface area contributed by atoms with Crippen molar-refractivity contribution in [3.8, 4) is 43.1 Å². The summed E-state index contributed by atoms with van der Waals surface area (Å²) < 4.78 is 0. The van der Waals surface area contributed by atoms with E-state index in [0.29, 0.717) is 0 Å². The predicted octanol–water partition coefficient (Wildman–Crippen LogP) is 10.3. The van der Waals surface area contributed by atoms with Crippen molar-refractivity contribution in [2.75, 3.05) is 0 Å². The molecule has 4 aromatic carbocycles. The number of hydrogen-bond acceptors (Lipinski definition) is 1. The van der Waals surface area contributed by atoms with Crippen molar-refractivity contribution in [2.45, 2.75) is 13.8 Å². The summed E-state index contributed by atoms with van der Waals surface area (Å²) in [6.07, 6.45) is 0. The minimum atomic E-state index is 0.734. The molecule has 162 valence electrons. The lowest BCUT2D eigenvalue weighted by Crippen LogP contribution is -1.86. The number of benzene rings is 4. The second-order valence-electron chi connectivity index (χ2n) is 8.26. The molecular formula is C30H22Cl2S. The van der Waals surface area contributed by atoms with Gasteiger partial charge in [0.1, 0.15) is 0 Å². The monoisotopic (exact) mass is 484 g/mol. The zero-order chi connectivity index (χ0) is 22.9. The first kappa shape index (κ1) is 22.0. The standard InChI is InChI=1S/C30H22Cl2S/c1-19-3-7-23(8-4-19)29-27(21-11-15-25(31)16-12-21)28(22-13-17-26(32)18-14-22)30(33-29)24-9-5-20(2)6-10-24/h3-18H,1-2H3. The average molecular weight is 485 g/mol. The number of thiophene rings is 1. The number of rotatable bonds is 4. The fourth-order valence-electron chi connectivity index (χ4n) is 4.03. The molecule has 5 aromatic rings. The van der Waals surface area contributed by atoms with Gasteiger partial charge < -0.3 is 0 Å². The van der Waals surface area contributed by atoms with Crippen LogP contribution in [0.15, 0.2) is 97.1 Å². The third-order valence-corrected chi connectivity index (χ3v) is 7.59. The minimum absolute atomic E-state index is 0.734. The molecule has 1 aromatic heterocycles. The van der Waals surface area contributed by atoms with E-state index in [0.717, 1.165) is 21.2 Å². The van der Waals surface area contributed by atoms with Gasteiger partial charge in [0.25, 0.3) is 0 Å². The first-order chi connectivity index (χ1) is 16.0. The van der Waals surface area contributed by atoms with Crippen LogP contribution in [0.1, 0.15) is 11.1 Å². The van der Waals surface area contributed by atoms with Crippen molar-refractivity contribution < 1.29 is 0 Å². The van der Waals surface area contributed by atoms with Crippen molar-refractivity contribution in [2.24, 2.45) is 0 Å². The van der Waals surface area contributed by atoms with E-state index in [2.05, 4.69) is 86.6 Å². The Morgan fingerprint density at radius 1 is 0.424 bits per heavy atom. The number of hydrogen-bond donors (Lipinski definition) is 0. The molecule has 0 bridgehead atoms. The van der Waals surface area contributed by atoms with E-state index in [1.54, 1.807) is 0 Å². The van der Waals surface area contributed by atoms with Gasteiger partial charge in [-0.2, -0.15) is 0 Å². The molecule has 0 spiro atoms. The van der Waals surface area contributed by atoms with Crippen LogP contribution >= 0.6 is 34.5 Å². The molecule has 0 radical (unpaired) electrons. The van der Waals surface area contributed by atoms with Crippen molar-refractivity contribution in [1.82, 2.24) is 0 Å². The van der Waals surface area contributed by atoms with E-state index >= 15 is 0 Å². The molecule has 0 N–H and O–H groups in total. The predicted molar refractivity (Wildman–Crippen MR) is 146 cm³/mol. The Morgan fingerprint density at radius 2 is 0.727 bits per heavy atom. The molecule has 0 aliphatic heterocycles. The second kappa shape index (κ2) is 9.19. The molecule has 0 aliphatic rings. The first-order valence-electron chi connectivity index (χ1n) is 10.8. The molecule has 0 unspecified atom stereocenters. The molecule has 0 nitrogen and oxygen atoms in total. The van der Waals surface area contributed by atoms with Crippen molar-refractivity contribution >= 4 is 34.5 Å². The largest absolute Gasteiger partial charge is 0.134 e. The van der Waals surface area contributed by atoms with Gasteiger partial charge in [0.05, 0.1) is 0 Å². The quantitative estimate of drug-likeness (QED) is 0.238. The van der Waals surface area contributed by atoms with Crippen LogP contribution in [0, 0.1) is 13.8 Å². The van der Waals surface area contributed by atoms with Crippen LogP contribution in [0.2, 0.25) is 10.0 Å². The molecule has 0 saturated heterocycles. The van der Waals surface area contributed by atoms with E-state index in [-0.39, 0.29) is 0 Å². The van der Waals surface area contributed by atoms with Crippen LogP contribution in [-0.2, 0) is 0 Å². The van der Waals surface area contributed by atoms with Crippen LogP contribution in [-0.4, -0.2) is 0 Å². The van der Waals surface area contributed by atoms with Crippen LogP contribution < -0.4 is 0 Å². The summed E-state index contributed by atoms with van der Waals surface area (Å²) in [5.74, 6) is 0. The molecule has 0 fully saturated rings. The van der Waals surface area contributed by atoms with Crippen LogP contribution in [0.5, 0.6) is 0 Å². The Balaban J connectivity index is 1.86. The Kier molecular flexibility index (Phi) is 6.12. The molecule has 1 heterocycles. The number of aryl methyl sites for hydroxylation is 2. The SMILES string of the molecule is Cc1ccc(-c2sc(-c3ccc(C)cc3)c(-c3ccc(Cl)cc3)c2-c2ccc(Cl)cc2)cc1. The third kappa shape index (κ3) is 4.50. The van der Waals surface area contributed by atoms with Crippen molar-refractivity contribution in [3.05, 3.63) is 118 Å². The van der Waals surface area contributed by atoms with E-state index in [4.69, 9.17) is 23.2 Å². The van der Waals surface area contributed by atoms with E-state index in [9.17, 15) is 0 Å². The lowest BCUT2D eigenvalue weighted by molar-refractivity contribution is 1.47. The summed E-state index contributed by atoms with van der Waals surface area (Å²) in [6, 6.07) is 33.9. The summed E-state index contributed by atoms with van der Waals surface area (Å²) in [5.41, 5.74) is 9.66. The first-order valence-corrected chi connectivity index (χ1v) is 12.4. The van der Waals surface area contributed by atoms with Gasteiger partial charge in [0.15, 0.2) is 0 Å². The van der Waals surface area contributed by atoms with Crippen LogP contribution in [0.25, 0.3) is 43.1 Å². The zero-order valence-corrected chi connectivity index (χ0v) is 20.7. The van der Waals surface area contributed by atoms with Gasteiger partial charge in [0, 0.05) is 30.9 Å². The maximum Gasteiger partial charge on any atom is 0.0434 e. The van der Waals surface area contributed by atoms with Gasteiger partial charge in [-0.1, -0.05) is 107 Å². The topological polar surface area (TPSA) is 0 Å². The van der Waals surface area contributed by atoms with Gasteiger partial charge in [0.2, 0.25) is 0 Å². The Labute approximate surface area is 209 Å². The molecule has 33 heavy (non-hydrogen) atoms.